The highest BCUT2D eigenvalue weighted by atomic mass is 32.2. The Labute approximate surface area is 146 Å². The van der Waals surface area contributed by atoms with Crippen molar-refractivity contribution in [1.82, 2.24) is 20.2 Å². The van der Waals surface area contributed by atoms with E-state index in [-0.39, 0.29) is 17.1 Å². The molecular formula is C16H13N5OS2. The summed E-state index contributed by atoms with van der Waals surface area (Å²) in [5.74, 6) is 0.195. The zero-order valence-corrected chi connectivity index (χ0v) is 14.4. The number of thiazole rings is 1. The number of thioether (sulfide) groups is 1. The Morgan fingerprint density at radius 1 is 1.38 bits per heavy atom. The maximum absolute atomic E-state index is 10.2. The molecule has 0 amide bonds. The van der Waals surface area contributed by atoms with Gasteiger partial charge >= 0.3 is 0 Å². The molecule has 0 spiro atoms. The van der Waals surface area contributed by atoms with Gasteiger partial charge in [0.1, 0.15) is 28.7 Å². The molecule has 0 aliphatic carbocycles. The first-order valence-electron chi connectivity index (χ1n) is 7.00. The number of aryl methyl sites for hydroxylation is 1. The summed E-state index contributed by atoms with van der Waals surface area (Å²) in [5.41, 5.74) is 3.13. The number of hydrogen-bond donors (Lipinski definition) is 2. The van der Waals surface area contributed by atoms with Crippen molar-refractivity contribution < 1.29 is 5.11 Å². The lowest BCUT2D eigenvalue weighted by atomic mass is 10.1. The van der Waals surface area contributed by atoms with E-state index in [0.717, 1.165) is 11.3 Å². The molecular weight excluding hydrogens is 342 g/mol. The minimum atomic E-state index is -0.0243. The van der Waals surface area contributed by atoms with Crippen LogP contribution in [0.2, 0.25) is 0 Å². The van der Waals surface area contributed by atoms with Crippen LogP contribution in [0, 0.1) is 18.3 Å². The molecule has 24 heavy (non-hydrogen) atoms. The second-order valence-corrected chi connectivity index (χ2v) is 6.74. The average molecular weight is 355 g/mol. The Bertz CT molecular complexity index is 891. The largest absolute Gasteiger partial charge is 0.510 e. The number of nitrogens with zero attached hydrogens (tertiary/aromatic N) is 4. The van der Waals surface area contributed by atoms with Gasteiger partial charge in [0.25, 0.3) is 0 Å². The van der Waals surface area contributed by atoms with Crippen molar-refractivity contribution >= 4 is 28.7 Å². The molecule has 1 aromatic carbocycles. The predicted molar refractivity (Wildman–Crippen MR) is 94.6 cm³/mol. The second kappa shape index (κ2) is 7.29. The van der Waals surface area contributed by atoms with Crippen LogP contribution >= 0.6 is 23.1 Å². The van der Waals surface area contributed by atoms with Crippen LogP contribution in [-0.2, 0) is 0 Å². The van der Waals surface area contributed by atoms with Crippen molar-refractivity contribution in [3.05, 3.63) is 52.3 Å². The molecule has 120 valence electrons. The molecule has 3 aromatic rings. The number of nitrogens with one attached hydrogen (secondary N) is 1. The summed E-state index contributed by atoms with van der Waals surface area (Å²) >= 11 is 2.60. The van der Waals surface area contributed by atoms with Gasteiger partial charge in [-0.05, 0) is 6.92 Å². The molecule has 0 saturated carbocycles. The van der Waals surface area contributed by atoms with Gasteiger partial charge < -0.3 is 5.11 Å². The van der Waals surface area contributed by atoms with E-state index in [9.17, 15) is 10.4 Å². The second-order valence-electron chi connectivity index (χ2n) is 4.92. The maximum atomic E-state index is 10.2. The first kappa shape index (κ1) is 16.2. The number of H-pyrrole nitrogens is 1. The van der Waals surface area contributed by atoms with Crippen LogP contribution in [0.25, 0.3) is 16.8 Å². The fraction of sp³-hybridized carbons (Fsp3) is 0.125. The number of hydrogen-bond acceptors (Lipinski definition) is 7. The molecule has 2 heterocycles. The summed E-state index contributed by atoms with van der Waals surface area (Å²) in [4.78, 5) is 8.44. The van der Waals surface area contributed by atoms with Gasteiger partial charge in [0.2, 0.25) is 0 Å². The van der Waals surface area contributed by atoms with Gasteiger partial charge in [0.15, 0.2) is 5.16 Å². The van der Waals surface area contributed by atoms with E-state index in [1.807, 2.05) is 42.6 Å². The third-order valence-electron chi connectivity index (χ3n) is 3.20. The predicted octanol–water partition coefficient (Wildman–Crippen LogP) is 3.82. The summed E-state index contributed by atoms with van der Waals surface area (Å²) in [7, 11) is 0. The fourth-order valence-corrected chi connectivity index (χ4v) is 3.46. The van der Waals surface area contributed by atoms with Crippen LogP contribution in [0.15, 0.2) is 46.9 Å². The minimum absolute atomic E-state index is 0.0243. The van der Waals surface area contributed by atoms with Crippen LogP contribution in [-0.4, -0.2) is 31.0 Å². The Hall–Kier alpha value is -2.63. The van der Waals surface area contributed by atoms with Gasteiger partial charge in [0, 0.05) is 10.9 Å². The molecule has 0 atom stereocenters. The summed E-state index contributed by atoms with van der Waals surface area (Å²) in [5, 5.41) is 29.0. The quantitative estimate of drug-likeness (QED) is 0.410. The zero-order valence-electron chi connectivity index (χ0n) is 12.7. The molecule has 6 nitrogen and oxygen atoms in total. The summed E-state index contributed by atoms with van der Waals surface area (Å²) in [6.45, 7) is 2.02. The number of aromatic amines is 1. The molecule has 0 radical (unpaired) electrons. The van der Waals surface area contributed by atoms with Crippen LogP contribution in [0.1, 0.15) is 10.6 Å². The summed E-state index contributed by atoms with van der Waals surface area (Å²) in [6.07, 6.45) is 1.39. The number of benzene rings is 1. The highest BCUT2D eigenvalue weighted by Gasteiger charge is 2.14. The Balaban J connectivity index is 1.82. The van der Waals surface area contributed by atoms with Crippen LogP contribution in [0.5, 0.6) is 0 Å². The number of aliphatic hydroxyl groups is 1. The van der Waals surface area contributed by atoms with E-state index >= 15 is 0 Å². The van der Waals surface area contributed by atoms with Crippen molar-refractivity contribution in [3.8, 4) is 17.3 Å². The average Bonchev–Trinajstić information content (AvgIpc) is 3.26. The number of nitriles is 1. The Morgan fingerprint density at radius 2 is 2.17 bits per heavy atom. The van der Waals surface area contributed by atoms with Gasteiger partial charge in [-0.15, -0.1) is 11.3 Å². The van der Waals surface area contributed by atoms with Gasteiger partial charge in [-0.25, -0.2) is 9.97 Å². The third kappa shape index (κ3) is 3.64. The van der Waals surface area contributed by atoms with Gasteiger partial charge in [-0.3, -0.25) is 5.10 Å². The molecule has 0 fully saturated rings. The highest BCUT2D eigenvalue weighted by molar-refractivity contribution is 7.99. The number of rotatable bonds is 5. The molecule has 2 N–H and O–H groups in total. The maximum Gasteiger partial charge on any atom is 0.183 e. The van der Waals surface area contributed by atoms with E-state index in [4.69, 9.17) is 0 Å². The smallest absolute Gasteiger partial charge is 0.183 e. The number of aromatic nitrogens is 4. The van der Waals surface area contributed by atoms with Crippen molar-refractivity contribution in [2.45, 2.75) is 12.1 Å². The Morgan fingerprint density at radius 3 is 2.83 bits per heavy atom. The fourth-order valence-electron chi connectivity index (χ4n) is 1.95. The van der Waals surface area contributed by atoms with E-state index in [0.29, 0.717) is 10.2 Å². The first-order valence-corrected chi connectivity index (χ1v) is 8.87. The zero-order chi connectivity index (χ0) is 16.9. The van der Waals surface area contributed by atoms with E-state index in [1.54, 1.807) is 0 Å². The van der Waals surface area contributed by atoms with Gasteiger partial charge in [-0.2, -0.15) is 10.4 Å². The molecule has 0 unspecified atom stereocenters. The van der Waals surface area contributed by atoms with E-state index in [2.05, 4.69) is 20.2 Å². The number of aliphatic hydroxyl groups excluding tert-OH is 1. The molecule has 0 bridgehead atoms. The van der Waals surface area contributed by atoms with Crippen molar-refractivity contribution in [2.75, 3.05) is 5.75 Å². The molecule has 0 saturated heterocycles. The third-order valence-corrected chi connectivity index (χ3v) is 4.95. The standard InChI is InChI=1S/C16H13N5OS2/c1-10-2-4-11(5-3-10)13-7-23-15(20-13)12(6-17)14(22)8-24-16-18-9-19-21-16/h2-5,7,9,22H,8H2,1H3,(H,18,19,21)/b14-12+. The van der Waals surface area contributed by atoms with Gasteiger partial charge in [0.05, 0.1) is 11.4 Å². The van der Waals surface area contributed by atoms with Crippen molar-refractivity contribution in [1.29, 1.82) is 5.26 Å². The normalized spacial score (nSPS) is 11.8. The van der Waals surface area contributed by atoms with Crippen LogP contribution < -0.4 is 0 Å². The van der Waals surface area contributed by atoms with E-state index in [1.165, 1.54) is 35.0 Å². The molecule has 0 aliphatic rings. The number of allylic oxidation sites excluding steroid dienone is 1. The lowest BCUT2D eigenvalue weighted by Gasteiger charge is -2.01. The Kier molecular flexibility index (Phi) is 4.93. The first-order chi connectivity index (χ1) is 11.7. The lowest BCUT2D eigenvalue weighted by Crippen LogP contribution is -1.93. The van der Waals surface area contributed by atoms with Crippen molar-refractivity contribution in [2.24, 2.45) is 0 Å². The van der Waals surface area contributed by atoms with E-state index < -0.39 is 0 Å². The summed E-state index contributed by atoms with van der Waals surface area (Å²) < 4.78 is 0. The van der Waals surface area contributed by atoms with Crippen LogP contribution in [0.3, 0.4) is 0 Å². The molecule has 3 rings (SSSR count). The SMILES string of the molecule is Cc1ccc(-c2csc(/C(C#N)=C(/O)CSc3ncn[nH]3)n2)cc1. The monoisotopic (exact) mass is 355 g/mol. The summed E-state index contributed by atoms with van der Waals surface area (Å²) in [6, 6.07) is 10.0. The van der Waals surface area contributed by atoms with Crippen molar-refractivity contribution in [3.63, 3.8) is 0 Å². The van der Waals surface area contributed by atoms with Crippen LogP contribution in [0.4, 0.5) is 0 Å². The van der Waals surface area contributed by atoms with Gasteiger partial charge in [-0.1, -0.05) is 41.6 Å². The molecule has 8 heteroatoms. The molecule has 0 aliphatic heterocycles. The highest BCUT2D eigenvalue weighted by Crippen LogP contribution is 2.28. The minimum Gasteiger partial charge on any atom is -0.510 e. The lowest BCUT2D eigenvalue weighted by molar-refractivity contribution is 0.420. The topological polar surface area (TPSA) is 98.5 Å². The molecule has 2 aromatic heterocycles.